The van der Waals surface area contributed by atoms with Gasteiger partial charge < -0.3 is 4.74 Å². The lowest BCUT2D eigenvalue weighted by molar-refractivity contribution is 0.125. The van der Waals surface area contributed by atoms with Crippen molar-refractivity contribution >= 4 is 0 Å². The summed E-state index contributed by atoms with van der Waals surface area (Å²) < 4.78 is 5.66. The maximum absolute atomic E-state index is 5.66. The molecule has 0 bridgehead atoms. The minimum atomic E-state index is 0.843. The molecule has 0 aromatic carbocycles. The van der Waals surface area contributed by atoms with Crippen LogP contribution >= 0.6 is 0 Å². The first kappa shape index (κ1) is 18.0. The average molecular weight is 256 g/mol. The Kier molecular flexibility index (Phi) is 13.4. The molecule has 0 saturated heterocycles. The summed E-state index contributed by atoms with van der Waals surface area (Å²) in [5, 5.41) is 0. The molecule has 0 heterocycles. The summed E-state index contributed by atoms with van der Waals surface area (Å²) in [4.78, 5) is 0. The molecule has 0 saturated carbocycles. The number of ether oxygens (including phenoxy) is 1. The summed E-state index contributed by atoms with van der Waals surface area (Å²) in [5.74, 6) is 1.72. The SMILES string of the molecule is CC(C)CCCCCCCOCCCCC(C)C. The second kappa shape index (κ2) is 13.4. The highest BCUT2D eigenvalue weighted by atomic mass is 16.5. The van der Waals surface area contributed by atoms with Gasteiger partial charge >= 0.3 is 0 Å². The first-order valence-electron chi connectivity index (χ1n) is 8.20. The van der Waals surface area contributed by atoms with E-state index in [1.165, 1.54) is 57.8 Å². The van der Waals surface area contributed by atoms with Gasteiger partial charge in [-0.1, -0.05) is 72.6 Å². The quantitative estimate of drug-likeness (QED) is 0.377. The fourth-order valence-corrected chi connectivity index (χ4v) is 2.15. The predicted molar refractivity (Wildman–Crippen MR) is 82.0 cm³/mol. The molecule has 0 radical (unpaired) electrons. The molecule has 1 heteroatoms. The van der Waals surface area contributed by atoms with Crippen LogP contribution in [0.2, 0.25) is 0 Å². The smallest absolute Gasteiger partial charge is 0.0466 e. The van der Waals surface area contributed by atoms with Crippen molar-refractivity contribution in [3.63, 3.8) is 0 Å². The molecular formula is C17H36O. The second-order valence-electron chi connectivity index (χ2n) is 6.45. The van der Waals surface area contributed by atoms with E-state index < -0.39 is 0 Å². The largest absolute Gasteiger partial charge is 0.381 e. The highest BCUT2D eigenvalue weighted by Crippen LogP contribution is 2.10. The van der Waals surface area contributed by atoms with E-state index in [4.69, 9.17) is 4.74 Å². The van der Waals surface area contributed by atoms with E-state index in [1.807, 2.05) is 0 Å². The average Bonchev–Trinajstić information content (AvgIpc) is 2.29. The number of hydrogen-bond acceptors (Lipinski definition) is 1. The van der Waals surface area contributed by atoms with Crippen LogP contribution in [-0.2, 0) is 4.74 Å². The van der Waals surface area contributed by atoms with Gasteiger partial charge in [0.25, 0.3) is 0 Å². The zero-order valence-corrected chi connectivity index (χ0v) is 13.3. The molecule has 0 fully saturated rings. The molecule has 0 unspecified atom stereocenters. The molecule has 0 rings (SSSR count). The molecule has 0 aliphatic carbocycles. The zero-order chi connectivity index (χ0) is 13.6. The van der Waals surface area contributed by atoms with E-state index in [1.54, 1.807) is 0 Å². The van der Waals surface area contributed by atoms with Gasteiger partial charge in [0.15, 0.2) is 0 Å². The summed E-state index contributed by atoms with van der Waals surface area (Å²) >= 11 is 0. The van der Waals surface area contributed by atoms with Crippen molar-refractivity contribution in [2.75, 3.05) is 13.2 Å². The van der Waals surface area contributed by atoms with Gasteiger partial charge in [-0.15, -0.1) is 0 Å². The molecule has 0 spiro atoms. The van der Waals surface area contributed by atoms with Crippen LogP contribution in [-0.4, -0.2) is 13.2 Å². The van der Waals surface area contributed by atoms with Crippen LogP contribution in [0, 0.1) is 11.8 Å². The lowest BCUT2D eigenvalue weighted by atomic mass is 10.0. The second-order valence-corrected chi connectivity index (χ2v) is 6.45. The highest BCUT2D eigenvalue weighted by Gasteiger charge is 1.96. The Morgan fingerprint density at radius 3 is 1.50 bits per heavy atom. The van der Waals surface area contributed by atoms with E-state index in [0.29, 0.717) is 0 Å². The third kappa shape index (κ3) is 16.0. The summed E-state index contributed by atoms with van der Waals surface area (Å²) in [5.41, 5.74) is 0. The monoisotopic (exact) mass is 256 g/mol. The Labute approximate surface area is 116 Å². The minimum Gasteiger partial charge on any atom is -0.381 e. The van der Waals surface area contributed by atoms with Gasteiger partial charge in [-0.3, -0.25) is 0 Å². The van der Waals surface area contributed by atoms with Crippen LogP contribution in [0.4, 0.5) is 0 Å². The molecule has 110 valence electrons. The van der Waals surface area contributed by atoms with Crippen LogP contribution in [0.15, 0.2) is 0 Å². The van der Waals surface area contributed by atoms with Gasteiger partial charge in [-0.2, -0.15) is 0 Å². The molecule has 0 aliphatic heterocycles. The Morgan fingerprint density at radius 2 is 0.944 bits per heavy atom. The van der Waals surface area contributed by atoms with Gasteiger partial charge in [-0.25, -0.2) is 0 Å². The molecule has 0 atom stereocenters. The van der Waals surface area contributed by atoms with Crippen molar-refractivity contribution in [3.8, 4) is 0 Å². The maximum Gasteiger partial charge on any atom is 0.0466 e. The van der Waals surface area contributed by atoms with Gasteiger partial charge in [0.1, 0.15) is 0 Å². The van der Waals surface area contributed by atoms with Gasteiger partial charge in [0.2, 0.25) is 0 Å². The van der Waals surface area contributed by atoms with Crippen molar-refractivity contribution in [3.05, 3.63) is 0 Å². The topological polar surface area (TPSA) is 9.23 Å². The zero-order valence-electron chi connectivity index (χ0n) is 13.3. The summed E-state index contributed by atoms with van der Waals surface area (Å²) in [6, 6.07) is 0. The van der Waals surface area contributed by atoms with Gasteiger partial charge in [-0.05, 0) is 24.7 Å². The fourth-order valence-electron chi connectivity index (χ4n) is 2.15. The van der Waals surface area contributed by atoms with Crippen molar-refractivity contribution in [2.24, 2.45) is 11.8 Å². The van der Waals surface area contributed by atoms with E-state index in [0.717, 1.165) is 25.0 Å². The lowest BCUT2D eigenvalue weighted by Gasteiger charge is -2.06. The Bertz CT molecular complexity index is 134. The molecule has 0 amide bonds. The normalized spacial score (nSPS) is 11.7. The Morgan fingerprint density at radius 1 is 0.556 bits per heavy atom. The molecule has 0 aliphatic rings. The first-order chi connectivity index (χ1) is 8.63. The fraction of sp³-hybridized carbons (Fsp3) is 1.00. The minimum absolute atomic E-state index is 0.843. The number of hydrogen-bond donors (Lipinski definition) is 0. The summed E-state index contributed by atoms with van der Waals surface area (Å²) in [7, 11) is 0. The first-order valence-corrected chi connectivity index (χ1v) is 8.20. The standard InChI is InChI=1S/C17H36O/c1-16(2)12-8-6-5-7-10-14-18-15-11-9-13-17(3)4/h16-17H,5-15H2,1-4H3. The number of unbranched alkanes of at least 4 members (excludes halogenated alkanes) is 5. The molecule has 0 aromatic rings. The molecule has 18 heavy (non-hydrogen) atoms. The van der Waals surface area contributed by atoms with E-state index in [-0.39, 0.29) is 0 Å². The molecule has 0 aromatic heterocycles. The third-order valence-electron chi connectivity index (χ3n) is 3.39. The van der Waals surface area contributed by atoms with Crippen molar-refractivity contribution < 1.29 is 4.74 Å². The third-order valence-corrected chi connectivity index (χ3v) is 3.39. The van der Waals surface area contributed by atoms with E-state index in [9.17, 15) is 0 Å². The van der Waals surface area contributed by atoms with E-state index in [2.05, 4.69) is 27.7 Å². The van der Waals surface area contributed by atoms with Crippen molar-refractivity contribution in [2.45, 2.75) is 85.5 Å². The van der Waals surface area contributed by atoms with Crippen molar-refractivity contribution in [1.29, 1.82) is 0 Å². The Balaban J connectivity index is 2.95. The molecule has 0 N–H and O–H groups in total. The molecular weight excluding hydrogens is 220 g/mol. The van der Waals surface area contributed by atoms with Gasteiger partial charge in [0.05, 0.1) is 0 Å². The van der Waals surface area contributed by atoms with Crippen LogP contribution in [0.25, 0.3) is 0 Å². The van der Waals surface area contributed by atoms with Crippen LogP contribution in [0.3, 0.4) is 0 Å². The van der Waals surface area contributed by atoms with Crippen LogP contribution in [0.1, 0.15) is 85.5 Å². The summed E-state index contributed by atoms with van der Waals surface area (Å²) in [6.45, 7) is 11.2. The van der Waals surface area contributed by atoms with Crippen LogP contribution < -0.4 is 0 Å². The van der Waals surface area contributed by atoms with Crippen LogP contribution in [0.5, 0.6) is 0 Å². The van der Waals surface area contributed by atoms with Gasteiger partial charge in [0, 0.05) is 13.2 Å². The van der Waals surface area contributed by atoms with E-state index >= 15 is 0 Å². The number of rotatable bonds is 13. The Hall–Kier alpha value is -0.0400. The predicted octanol–water partition coefficient (Wildman–Crippen LogP) is 5.83. The summed E-state index contributed by atoms with van der Waals surface area (Å²) in [6.07, 6.45) is 12.1. The maximum atomic E-state index is 5.66. The lowest BCUT2D eigenvalue weighted by Crippen LogP contribution is -1.98. The van der Waals surface area contributed by atoms with Crippen molar-refractivity contribution in [1.82, 2.24) is 0 Å². The molecule has 1 nitrogen and oxygen atoms in total. The highest BCUT2D eigenvalue weighted by molar-refractivity contribution is 4.49.